The van der Waals surface area contributed by atoms with Crippen LogP contribution in [0.15, 0.2) is 0 Å². The summed E-state index contributed by atoms with van der Waals surface area (Å²) in [6.45, 7) is 1.73. The van der Waals surface area contributed by atoms with E-state index in [2.05, 4.69) is 10.1 Å². The molecule has 0 aliphatic heterocycles. The molecule has 0 aromatic heterocycles. The summed E-state index contributed by atoms with van der Waals surface area (Å²) in [6.07, 6.45) is 0.128. The van der Waals surface area contributed by atoms with Gasteiger partial charge in [0, 0.05) is 13.5 Å². The van der Waals surface area contributed by atoms with Gasteiger partial charge in [-0.1, -0.05) is 6.92 Å². The summed E-state index contributed by atoms with van der Waals surface area (Å²) in [5.41, 5.74) is 8.14. The second-order valence-corrected chi connectivity index (χ2v) is 3.78. The lowest BCUT2D eigenvalue weighted by atomic mass is 10.1. The second-order valence-electron chi connectivity index (χ2n) is 3.78. The molecule has 0 saturated carbocycles. The van der Waals surface area contributed by atoms with Crippen LogP contribution in [0.2, 0.25) is 0 Å². The average molecular weight is 271 g/mol. The molecule has 0 fully saturated rings. The van der Waals surface area contributed by atoms with Crippen LogP contribution >= 0.6 is 0 Å². The van der Waals surface area contributed by atoms with Gasteiger partial charge in [-0.25, -0.2) is 4.79 Å². The Labute approximate surface area is 110 Å². The number of aliphatic carboxylic acids is 1. The van der Waals surface area contributed by atoms with Crippen LogP contribution in [-0.2, 0) is 19.1 Å². The van der Waals surface area contributed by atoms with Gasteiger partial charge in [-0.15, -0.1) is 0 Å². The van der Waals surface area contributed by atoms with E-state index in [1.54, 1.807) is 6.92 Å². The molecule has 0 aromatic rings. The minimum Gasteiger partial charge on any atom is -0.480 e. The summed E-state index contributed by atoms with van der Waals surface area (Å²) in [5.74, 6) is -2.31. The minimum atomic E-state index is -1.24. The third-order valence-corrected chi connectivity index (χ3v) is 2.44. The van der Waals surface area contributed by atoms with Crippen molar-refractivity contribution < 1.29 is 29.0 Å². The summed E-state index contributed by atoms with van der Waals surface area (Å²) in [5, 5.41) is 11.2. The van der Waals surface area contributed by atoms with Crippen LogP contribution in [0, 0.1) is 0 Å². The number of nitrogens with zero attached hydrogens (tertiary/aromatic N) is 2. The zero-order valence-electron chi connectivity index (χ0n) is 10.8. The first-order valence-electron chi connectivity index (χ1n) is 5.72. The summed E-state index contributed by atoms with van der Waals surface area (Å²) < 4.78 is 4.88. The molecule has 2 unspecified atom stereocenters. The van der Waals surface area contributed by atoms with Crippen molar-refractivity contribution in [2.45, 2.75) is 38.3 Å². The van der Waals surface area contributed by atoms with E-state index in [4.69, 9.17) is 15.4 Å². The fourth-order valence-corrected chi connectivity index (χ4v) is 1.40. The number of nitrogens with one attached hydrogen (secondary N) is 1. The number of amides is 1. The molecule has 8 nitrogen and oxygen atoms in total. The van der Waals surface area contributed by atoms with Crippen LogP contribution in [0.25, 0.3) is 5.53 Å². The summed E-state index contributed by atoms with van der Waals surface area (Å²) >= 11 is 0. The van der Waals surface area contributed by atoms with Crippen molar-refractivity contribution >= 4 is 23.9 Å². The first-order chi connectivity index (χ1) is 8.96. The Kier molecular flexibility index (Phi) is 7.99. The number of ether oxygens (including phenoxy) is 1. The highest BCUT2D eigenvalue weighted by atomic mass is 16.5. The number of hydrogen-bond donors (Lipinski definition) is 2. The Morgan fingerprint density at radius 1 is 1.47 bits per heavy atom. The van der Waals surface area contributed by atoms with Gasteiger partial charge in [-0.2, -0.15) is 4.79 Å². The maximum absolute atomic E-state index is 11.6. The SMILES string of the molecule is CCC(OC)C(=O)NC(CCC(=O)C=[N+]=[N-])C(=O)O. The summed E-state index contributed by atoms with van der Waals surface area (Å²) in [4.78, 5) is 36.2. The molecule has 19 heavy (non-hydrogen) atoms. The van der Waals surface area contributed by atoms with Crippen molar-refractivity contribution in [1.29, 1.82) is 0 Å². The fourth-order valence-electron chi connectivity index (χ4n) is 1.40. The Bertz CT molecular complexity index is 386. The van der Waals surface area contributed by atoms with Gasteiger partial charge in [-0.05, 0) is 12.8 Å². The third-order valence-electron chi connectivity index (χ3n) is 2.44. The first kappa shape index (κ1) is 16.9. The number of carbonyl (C=O) groups excluding carboxylic acids is 2. The summed E-state index contributed by atoms with van der Waals surface area (Å²) in [7, 11) is 1.35. The molecule has 2 N–H and O–H groups in total. The van der Waals surface area contributed by atoms with Gasteiger partial charge < -0.3 is 20.7 Å². The number of carboxylic acid groups (broad SMARTS) is 1. The minimum absolute atomic E-state index is 0.0912. The maximum atomic E-state index is 11.6. The lowest BCUT2D eigenvalue weighted by Crippen LogP contribution is -2.46. The first-order valence-corrected chi connectivity index (χ1v) is 5.72. The van der Waals surface area contributed by atoms with Crippen LogP contribution in [0.1, 0.15) is 26.2 Å². The van der Waals surface area contributed by atoms with E-state index in [0.29, 0.717) is 12.6 Å². The van der Waals surface area contributed by atoms with Gasteiger partial charge in [0.05, 0.1) is 0 Å². The van der Waals surface area contributed by atoms with Gasteiger partial charge in [0.25, 0.3) is 0 Å². The van der Waals surface area contributed by atoms with Gasteiger partial charge >= 0.3 is 12.2 Å². The molecule has 0 radical (unpaired) electrons. The van der Waals surface area contributed by atoms with E-state index in [9.17, 15) is 14.4 Å². The maximum Gasteiger partial charge on any atom is 0.326 e. The molecule has 106 valence electrons. The van der Waals surface area contributed by atoms with E-state index in [0.717, 1.165) is 0 Å². The van der Waals surface area contributed by atoms with Crippen molar-refractivity contribution in [3.8, 4) is 0 Å². The van der Waals surface area contributed by atoms with E-state index in [1.165, 1.54) is 7.11 Å². The molecule has 1 amide bonds. The second kappa shape index (κ2) is 8.96. The number of carboxylic acids is 1. The number of Topliss-reactive ketones (excluding diaryl/α,β-unsaturated/α-hetero) is 1. The fraction of sp³-hybridized carbons (Fsp3) is 0.636. The van der Waals surface area contributed by atoms with Crippen molar-refractivity contribution in [2.24, 2.45) is 0 Å². The van der Waals surface area contributed by atoms with Crippen molar-refractivity contribution in [3.05, 3.63) is 5.53 Å². The summed E-state index contributed by atoms with van der Waals surface area (Å²) in [6, 6.07) is -1.19. The van der Waals surface area contributed by atoms with Crippen LogP contribution < -0.4 is 5.32 Å². The zero-order valence-corrected chi connectivity index (χ0v) is 10.8. The normalized spacial score (nSPS) is 12.9. The highest BCUT2D eigenvalue weighted by Gasteiger charge is 2.24. The molecule has 0 saturated heterocycles. The molecule has 0 bridgehead atoms. The topological polar surface area (TPSA) is 129 Å². The predicted molar refractivity (Wildman–Crippen MR) is 64.6 cm³/mol. The highest BCUT2D eigenvalue weighted by molar-refractivity contribution is 6.25. The standard InChI is InChI=1S/C11H17N3O5/c1-3-9(19-2)10(16)14-8(11(17)18)5-4-7(15)6-13-12/h6,8-9H,3-5H2,1-2H3,(H,14,16)(H,17,18). The van der Waals surface area contributed by atoms with E-state index in [1.807, 2.05) is 0 Å². The average Bonchev–Trinajstić information content (AvgIpc) is 2.35. The van der Waals surface area contributed by atoms with Crippen molar-refractivity contribution in [2.75, 3.05) is 7.11 Å². The van der Waals surface area contributed by atoms with E-state index >= 15 is 0 Å². The molecule has 0 aliphatic carbocycles. The van der Waals surface area contributed by atoms with Crippen molar-refractivity contribution in [3.63, 3.8) is 0 Å². The van der Waals surface area contributed by atoms with Gasteiger partial charge in [0.1, 0.15) is 12.1 Å². The molecule has 0 heterocycles. The van der Waals surface area contributed by atoms with E-state index < -0.39 is 29.8 Å². The third kappa shape index (κ3) is 6.44. The number of hydrogen-bond acceptors (Lipinski definition) is 4. The molecule has 2 atom stereocenters. The molecule has 8 heteroatoms. The number of rotatable bonds is 9. The number of carbonyl (C=O) groups is 3. The van der Waals surface area contributed by atoms with Crippen LogP contribution in [0.4, 0.5) is 0 Å². The highest BCUT2D eigenvalue weighted by Crippen LogP contribution is 2.02. The monoisotopic (exact) mass is 271 g/mol. The van der Waals surface area contributed by atoms with Crippen molar-refractivity contribution in [1.82, 2.24) is 5.32 Å². The molecule has 0 spiro atoms. The van der Waals surface area contributed by atoms with Crippen LogP contribution in [-0.4, -0.2) is 53.0 Å². The molecular weight excluding hydrogens is 254 g/mol. The number of methoxy groups -OCH3 is 1. The lowest BCUT2D eigenvalue weighted by molar-refractivity contribution is -0.144. The van der Waals surface area contributed by atoms with Gasteiger partial charge in [0.2, 0.25) is 11.7 Å². The van der Waals surface area contributed by atoms with Gasteiger partial charge in [-0.3, -0.25) is 9.59 Å². The van der Waals surface area contributed by atoms with E-state index in [-0.39, 0.29) is 12.8 Å². The Morgan fingerprint density at radius 2 is 2.11 bits per heavy atom. The quantitative estimate of drug-likeness (QED) is 0.336. The Morgan fingerprint density at radius 3 is 2.53 bits per heavy atom. The van der Waals surface area contributed by atoms with Gasteiger partial charge in [0.15, 0.2) is 0 Å². The molecule has 0 aromatic carbocycles. The zero-order chi connectivity index (χ0) is 14.8. The Hall–Kier alpha value is -2.05. The number of ketones is 1. The molecular formula is C11H17N3O5. The van der Waals surface area contributed by atoms with Crippen LogP contribution in [0.3, 0.4) is 0 Å². The van der Waals surface area contributed by atoms with Crippen LogP contribution in [0.5, 0.6) is 0 Å². The smallest absolute Gasteiger partial charge is 0.326 e. The molecule has 0 aliphatic rings. The Balaban J connectivity index is 4.50. The molecule has 0 rings (SSSR count). The predicted octanol–water partition coefficient (Wildman–Crippen LogP) is -0.369. The largest absolute Gasteiger partial charge is 0.480 e. The lowest BCUT2D eigenvalue weighted by Gasteiger charge is -2.17.